The summed E-state index contributed by atoms with van der Waals surface area (Å²) in [5.74, 6) is 0.801. The van der Waals surface area contributed by atoms with Crippen molar-refractivity contribution in [1.29, 1.82) is 0 Å². The van der Waals surface area contributed by atoms with Crippen molar-refractivity contribution in [3.8, 4) is 5.75 Å². The first-order valence-corrected chi connectivity index (χ1v) is 4.63. The van der Waals surface area contributed by atoms with Crippen LogP contribution < -0.4 is 10.1 Å². The zero-order chi connectivity index (χ0) is 10.5. The molecule has 0 saturated heterocycles. The van der Waals surface area contributed by atoms with E-state index in [0.29, 0.717) is 0 Å². The molecule has 3 heteroatoms. The first-order chi connectivity index (χ1) is 7.40. The molecule has 0 spiro atoms. The molecule has 3 nitrogen and oxygen atoms in total. The second-order valence-corrected chi connectivity index (χ2v) is 2.99. The van der Waals surface area contributed by atoms with E-state index in [1.54, 1.807) is 13.3 Å². The third-order valence-electron chi connectivity index (χ3n) is 1.98. The topological polar surface area (TPSA) is 34.1 Å². The molecule has 2 rings (SSSR count). The number of hydrogen-bond acceptors (Lipinski definition) is 3. The van der Waals surface area contributed by atoms with E-state index in [1.165, 1.54) is 0 Å². The third kappa shape index (κ3) is 2.26. The van der Waals surface area contributed by atoms with E-state index < -0.39 is 0 Å². The van der Waals surface area contributed by atoms with E-state index in [-0.39, 0.29) is 0 Å². The predicted octanol–water partition coefficient (Wildman–Crippen LogP) is 2.63. The Kier molecular flexibility index (Phi) is 2.83. The van der Waals surface area contributed by atoms with Crippen molar-refractivity contribution >= 4 is 11.4 Å². The van der Waals surface area contributed by atoms with Gasteiger partial charge >= 0.3 is 0 Å². The number of rotatable bonds is 3. The Labute approximate surface area is 88.7 Å². The van der Waals surface area contributed by atoms with Crippen LogP contribution in [0.1, 0.15) is 0 Å². The van der Waals surface area contributed by atoms with Gasteiger partial charge in [0.2, 0.25) is 0 Å². The van der Waals surface area contributed by atoms with Gasteiger partial charge in [-0.3, -0.25) is 4.98 Å². The molecule has 15 heavy (non-hydrogen) atoms. The summed E-state index contributed by atoms with van der Waals surface area (Å²) in [4.78, 5) is 3.91. The summed E-state index contributed by atoms with van der Waals surface area (Å²) < 4.78 is 5.22. The number of benzene rings is 1. The maximum Gasteiger partial charge on any atom is 0.142 e. The lowest BCUT2D eigenvalue weighted by Gasteiger charge is -2.09. The molecule has 0 unspecified atom stereocenters. The Hall–Kier alpha value is -2.03. The van der Waals surface area contributed by atoms with Crippen molar-refractivity contribution in [2.75, 3.05) is 12.4 Å². The smallest absolute Gasteiger partial charge is 0.142 e. The standard InChI is InChI=1S/C12H11N2O/c1-15-12-7-3-2-6-11(12)14-10-5-4-8-13-9-10/h2-8,14H,1H3. The fourth-order valence-electron chi connectivity index (χ4n) is 1.29. The normalized spacial score (nSPS) is 9.67. The van der Waals surface area contributed by atoms with Gasteiger partial charge in [0.05, 0.1) is 18.5 Å². The number of ether oxygens (including phenoxy) is 1. The molecular formula is C12H11N2O. The van der Waals surface area contributed by atoms with Crippen LogP contribution in [-0.2, 0) is 0 Å². The van der Waals surface area contributed by atoms with Crippen LogP contribution in [-0.4, -0.2) is 12.1 Å². The van der Waals surface area contributed by atoms with E-state index in [4.69, 9.17) is 4.74 Å². The van der Waals surface area contributed by atoms with Crippen molar-refractivity contribution in [3.05, 3.63) is 48.8 Å². The number of nitrogens with one attached hydrogen (secondary N) is 1. The molecule has 0 saturated carbocycles. The lowest BCUT2D eigenvalue weighted by molar-refractivity contribution is 0.417. The third-order valence-corrected chi connectivity index (χ3v) is 1.98. The van der Waals surface area contributed by atoms with Crippen LogP contribution in [0.4, 0.5) is 11.4 Å². The Balaban J connectivity index is 2.24. The van der Waals surface area contributed by atoms with Crippen LogP contribution >= 0.6 is 0 Å². The van der Waals surface area contributed by atoms with Gasteiger partial charge in [-0.2, -0.15) is 0 Å². The maximum absolute atomic E-state index is 5.22. The number of hydrogen-bond donors (Lipinski definition) is 1. The Morgan fingerprint density at radius 3 is 2.80 bits per heavy atom. The van der Waals surface area contributed by atoms with Gasteiger partial charge in [0.25, 0.3) is 0 Å². The lowest BCUT2D eigenvalue weighted by Crippen LogP contribution is -1.94. The SMILES string of the molecule is COc1ccccc1Nc1[c]nccc1. The summed E-state index contributed by atoms with van der Waals surface area (Å²) in [6, 6.07) is 11.5. The molecule has 0 aliphatic carbocycles. The van der Waals surface area contributed by atoms with Crippen LogP contribution in [0.2, 0.25) is 0 Å². The van der Waals surface area contributed by atoms with Crippen LogP contribution in [0.25, 0.3) is 0 Å². The van der Waals surface area contributed by atoms with E-state index in [0.717, 1.165) is 17.1 Å². The highest BCUT2D eigenvalue weighted by Crippen LogP contribution is 2.26. The molecule has 0 amide bonds. The predicted molar refractivity (Wildman–Crippen MR) is 59.3 cm³/mol. The van der Waals surface area contributed by atoms with Gasteiger partial charge in [-0.05, 0) is 24.3 Å². The second kappa shape index (κ2) is 4.46. The van der Waals surface area contributed by atoms with Gasteiger partial charge in [0, 0.05) is 6.20 Å². The first-order valence-electron chi connectivity index (χ1n) is 4.63. The van der Waals surface area contributed by atoms with E-state index >= 15 is 0 Å². The largest absolute Gasteiger partial charge is 0.495 e. The van der Waals surface area contributed by atoms with Crippen LogP contribution in [0, 0.1) is 6.20 Å². The van der Waals surface area contributed by atoms with E-state index in [9.17, 15) is 0 Å². The number of pyridine rings is 1. The van der Waals surface area contributed by atoms with Gasteiger partial charge in [-0.1, -0.05) is 12.1 Å². The van der Waals surface area contributed by atoms with Gasteiger partial charge in [-0.25, -0.2) is 0 Å². The average Bonchev–Trinajstić information content (AvgIpc) is 2.31. The van der Waals surface area contributed by atoms with Crippen LogP contribution in [0.15, 0.2) is 42.6 Å². The first kappa shape index (κ1) is 9.52. The molecule has 1 aromatic heterocycles. The van der Waals surface area contributed by atoms with E-state index in [1.807, 2.05) is 36.4 Å². The monoisotopic (exact) mass is 199 g/mol. The van der Waals surface area contributed by atoms with Crippen LogP contribution in [0.5, 0.6) is 5.75 Å². The lowest BCUT2D eigenvalue weighted by atomic mass is 10.3. The van der Waals surface area contributed by atoms with Gasteiger partial charge in [0.15, 0.2) is 0 Å². The molecule has 0 fully saturated rings. The highest BCUT2D eigenvalue weighted by Gasteiger charge is 2.00. The molecule has 1 N–H and O–H groups in total. The summed E-state index contributed by atoms with van der Waals surface area (Å²) in [6.45, 7) is 0. The number of para-hydroxylation sites is 2. The maximum atomic E-state index is 5.22. The molecule has 75 valence electrons. The van der Waals surface area contributed by atoms with Crippen molar-refractivity contribution in [2.24, 2.45) is 0 Å². The quantitative estimate of drug-likeness (QED) is 0.825. The van der Waals surface area contributed by atoms with Gasteiger partial charge < -0.3 is 10.1 Å². The number of aromatic nitrogens is 1. The average molecular weight is 199 g/mol. The number of anilines is 2. The van der Waals surface area contributed by atoms with Crippen molar-refractivity contribution in [2.45, 2.75) is 0 Å². The second-order valence-electron chi connectivity index (χ2n) is 2.99. The highest BCUT2D eigenvalue weighted by atomic mass is 16.5. The fourth-order valence-corrected chi connectivity index (χ4v) is 1.29. The Morgan fingerprint density at radius 1 is 1.20 bits per heavy atom. The van der Waals surface area contributed by atoms with Crippen molar-refractivity contribution in [3.63, 3.8) is 0 Å². The van der Waals surface area contributed by atoms with Crippen molar-refractivity contribution < 1.29 is 4.74 Å². The molecular weight excluding hydrogens is 188 g/mol. The Bertz CT molecular complexity index is 429. The van der Waals surface area contributed by atoms with Gasteiger partial charge in [-0.15, -0.1) is 0 Å². The minimum absolute atomic E-state index is 0.801. The van der Waals surface area contributed by atoms with Crippen LogP contribution in [0.3, 0.4) is 0 Å². The minimum Gasteiger partial charge on any atom is -0.495 e. The number of methoxy groups -OCH3 is 1. The summed E-state index contributed by atoms with van der Waals surface area (Å²) in [5.41, 5.74) is 1.73. The summed E-state index contributed by atoms with van der Waals surface area (Å²) in [7, 11) is 1.65. The molecule has 0 aliphatic rings. The molecule has 0 atom stereocenters. The molecule has 1 heterocycles. The summed E-state index contributed by atoms with van der Waals surface area (Å²) in [6.07, 6.45) is 4.54. The zero-order valence-corrected chi connectivity index (χ0v) is 8.40. The fraction of sp³-hybridized carbons (Fsp3) is 0.0833. The summed E-state index contributed by atoms with van der Waals surface area (Å²) in [5, 5.41) is 3.18. The molecule has 1 aromatic carbocycles. The molecule has 0 aliphatic heterocycles. The van der Waals surface area contributed by atoms with E-state index in [2.05, 4.69) is 16.5 Å². The molecule has 0 bridgehead atoms. The summed E-state index contributed by atoms with van der Waals surface area (Å²) >= 11 is 0. The highest BCUT2D eigenvalue weighted by molar-refractivity contribution is 5.65. The Morgan fingerprint density at radius 2 is 2.07 bits per heavy atom. The van der Waals surface area contributed by atoms with Gasteiger partial charge in [0.1, 0.15) is 11.9 Å². The molecule has 1 radical (unpaired) electrons. The minimum atomic E-state index is 0.801. The van der Waals surface area contributed by atoms with Crippen molar-refractivity contribution in [1.82, 2.24) is 4.98 Å². The number of nitrogens with zero attached hydrogens (tertiary/aromatic N) is 1. The molecule has 2 aromatic rings. The zero-order valence-electron chi connectivity index (χ0n) is 8.40.